The minimum absolute atomic E-state index is 0.0657. The molecule has 0 aliphatic rings. The third-order valence-corrected chi connectivity index (χ3v) is 5.49. The van der Waals surface area contributed by atoms with Crippen LogP contribution in [0.2, 0.25) is 0 Å². The van der Waals surface area contributed by atoms with Gasteiger partial charge in [-0.3, -0.25) is 9.69 Å². The van der Waals surface area contributed by atoms with Crippen LogP contribution < -0.4 is 14.8 Å². The summed E-state index contributed by atoms with van der Waals surface area (Å²) in [6.07, 6.45) is 0.262. The number of carbonyl (C=O) groups excluding carboxylic acids is 1. The van der Waals surface area contributed by atoms with Gasteiger partial charge in [0, 0.05) is 5.69 Å². The summed E-state index contributed by atoms with van der Waals surface area (Å²) in [6, 6.07) is 27.7. The number of amides is 1. The zero-order chi connectivity index (χ0) is 25.9. The molecule has 0 radical (unpaired) electrons. The minimum Gasteiger partial charge on any atom is -0.491 e. The maximum absolute atomic E-state index is 12.9. The Morgan fingerprint density at radius 3 is 2.32 bits per heavy atom. The average Bonchev–Trinajstić information content (AvgIpc) is 3.38. The Labute approximate surface area is 215 Å². The van der Waals surface area contributed by atoms with Gasteiger partial charge in [-0.25, -0.2) is 4.68 Å². The fourth-order valence-electron chi connectivity index (χ4n) is 3.62. The molecule has 1 heterocycles. The molecule has 37 heavy (non-hydrogen) atoms. The molecule has 0 aliphatic heterocycles. The molecule has 1 atom stereocenters. The molecule has 0 spiro atoms. The van der Waals surface area contributed by atoms with E-state index in [0.29, 0.717) is 29.6 Å². The molecule has 1 aromatic heterocycles. The van der Waals surface area contributed by atoms with E-state index in [1.54, 1.807) is 36.0 Å². The van der Waals surface area contributed by atoms with Gasteiger partial charge in [0.1, 0.15) is 29.9 Å². The monoisotopic (exact) mass is 497 g/mol. The van der Waals surface area contributed by atoms with Crippen LogP contribution in [0.3, 0.4) is 0 Å². The maximum atomic E-state index is 12.9. The van der Waals surface area contributed by atoms with Gasteiger partial charge >= 0.3 is 0 Å². The third-order valence-electron chi connectivity index (χ3n) is 5.49. The van der Waals surface area contributed by atoms with Gasteiger partial charge in [0.25, 0.3) is 0 Å². The van der Waals surface area contributed by atoms with Crippen molar-refractivity contribution < 1.29 is 14.3 Å². The van der Waals surface area contributed by atoms with Crippen LogP contribution in [0.1, 0.15) is 18.3 Å². The lowest BCUT2D eigenvalue weighted by molar-refractivity contribution is -0.117. The van der Waals surface area contributed by atoms with Crippen LogP contribution in [0, 0.1) is 11.3 Å². The number of nitrogens with one attached hydrogen (secondary N) is 1. The van der Waals surface area contributed by atoms with E-state index in [1.165, 1.54) is 0 Å². The summed E-state index contributed by atoms with van der Waals surface area (Å²) in [4.78, 5) is 14.7. The summed E-state index contributed by atoms with van der Waals surface area (Å²) in [5.41, 5.74) is 0.648. The number of aryl methyl sites for hydroxylation is 1. The molecular formula is C27H27N7O3. The number of ether oxygens (including phenoxy) is 2. The van der Waals surface area contributed by atoms with Gasteiger partial charge in [-0.1, -0.05) is 36.4 Å². The highest BCUT2D eigenvalue weighted by atomic mass is 16.5. The number of anilines is 1. The first kappa shape index (κ1) is 25.3. The first-order valence-electron chi connectivity index (χ1n) is 11.8. The molecule has 0 fully saturated rings. The number of benzene rings is 3. The van der Waals surface area contributed by atoms with Gasteiger partial charge in [0.05, 0.1) is 25.6 Å². The van der Waals surface area contributed by atoms with Gasteiger partial charge in [-0.2, -0.15) is 5.26 Å². The van der Waals surface area contributed by atoms with Crippen molar-refractivity contribution in [2.75, 3.05) is 25.5 Å². The van der Waals surface area contributed by atoms with Crippen LogP contribution in [0.15, 0.2) is 84.9 Å². The Hall–Kier alpha value is -4.75. The minimum atomic E-state index is -0.429. The van der Waals surface area contributed by atoms with Crippen LogP contribution in [0.5, 0.6) is 17.2 Å². The number of carbonyl (C=O) groups is 1. The molecule has 1 N–H and O–H groups in total. The number of likely N-dealkylation sites (N-methyl/N-ethyl adjacent to an activating group) is 1. The average molecular weight is 498 g/mol. The number of hydrogen-bond acceptors (Lipinski definition) is 8. The van der Waals surface area contributed by atoms with Crippen LogP contribution in [-0.4, -0.2) is 51.2 Å². The number of rotatable bonds is 12. The molecule has 0 saturated carbocycles. The second kappa shape index (κ2) is 12.8. The zero-order valence-corrected chi connectivity index (χ0v) is 20.4. The molecule has 0 saturated heterocycles. The molecule has 4 rings (SSSR count). The van der Waals surface area contributed by atoms with Crippen molar-refractivity contribution >= 4 is 11.6 Å². The lowest BCUT2D eigenvalue weighted by Crippen LogP contribution is -2.37. The summed E-state index contributed by atoms with van der Waals surface area (Å²) in [5.74, 6) is 2.41. The van der Waals surface area contributed by atoms with E-state index in [2.05, 4.69) is 26.9 Å². The first-order valence-corrected chi connectivity index (χ1v) is 11.8. The Kier molecular flexibility index (Phi) is 8.77. The summed E-state index contributed by atoms with van der Waals surface area (Å²) in [7, 11) is 1.80. The van der Waals surface area contributed by atoms with Gasteiger partial charge in [0.15, 0.2) is 5.82 Å². The van der Waals surface area contributed by atoms with E-state index in [-0.39, 0.29) is 25.5 Å². The largest absolute Gasteiger partial charge is 0.491 e. The molecule has 10 heteroatoms. The van der Waals surface area contributed by atoms with Gasteiger partial charge in [0.2, 0.25) is 5.91 Å². The fraction of sp³-hybridized carbons (Fsp3) is 0.222. The van der Waals surface area contributed by atoms with Gasteiger partial charge in [-0.15, -0.1) is 5.10 Å². The van der Waals surface area contributed by atoms with E-state index in [0.717, 1.165) is 5.75 Å². The highest BCUT2D eigenvalue weighted by molar-refractivity contribution is 5.92. The summed E-state index contributed by atoms with van der Waals surface area (Å²) < 4.78 is 13.3. The molecule has 0 aliphatic carbocycles. The molecule has 3 aromatic carbocycles. The van der Waals surface area contributed by atoms with Crippen molar-refractivity contribution in [3.05, 3.63) is 90.8 Å². The van der Waals surface area contributed by atoms with E-state index < -0.39 is 6.04 Å². The second-order valence-corrected chi connectivity index (χ2v) is 8.21. The Morgan fingerprint density at radius 2 is 1.65 bits per heavy atom. The summed E-state index contributed by atoms with van der Waals surface area (Å²) in [6.45, 7) is 0.626. The topological polar surface area (TPSA) is 118 Å². The van der Waals surface area contributed by atoms with E-state index in [9.17, 15) is 4.79 Å². The normalized spacial score (nSPS) is 11.5. The molecule has 1 unspecified atom stereocenters. The predicted octanol–water partition coefficient (Wildman–Crippen LogP) is 4.07. The Balaban J connectivity index is 1.40. The van der Waals surface area contributed by atoms with Crippen molar-refractivity contribution in [3.8, 4) is 23.3 Å². The SMILES string of the molecule is CN(CC(=O)Nc1ccc(Oc2ccccc2)cc1)C(COc1ccccc1)c1nnnn1CCC#N. The lowest BCUT2D eigenvalue weighted by atomic mass is 10.2. The fourth-order valence-corrected chi connectivity index (χ4v) is 3.62. The number of tetrazole rings is 1. The van der Waals surface area contributed by atoms with E-state index in [4.69, 9.17) is 14.7 Å². The Morgan fingerprint density at radius 1 is 1.00 bits per heavy atom. The number of aromatic nitrogens is 4. The van der Waals surface area contributed by atoms with Crippen molar-refractivity contribution in [2.45, 2.75) is 19.0 Å². The molecule has 1 amide bonds. The van der Waals surface area contributed by atoms with Crippen molar-refractivity contribution in [1.29, 1.82) is 5.26 Å². The Bertz CT molecular complexity index is 1310. The maximum Gasteiger partial charge on any atom is 0.238 e. The summed E-state index contributed by atoms with van der Waals surface area (Å²) >= 11 is 0. The number of hydrogen-bond donors (Lipinski definition) is 1. The van der Waals surface area contributed by atoms with E-state index >= 15 is 0 Å². The zero-order valence-electron chi connectivity index (χ0n) is 20.4. The van der Waals surface area contributed by atoms with Crippen LogP contribution >= 0.6 is 0 Å². The van der Waals surface area contributed by atoms with Gasteiger partial charge < -0.3 is 14.8 Å². The molecule has 188 valence electrons. The van der Waals surface area contributed by atoms with Gasteiger partial charge in [-0.05, 0) is 66.0 Å². The quantitative estimate of drug-likeness (QED) is 0.311. The van der Waals surface area contributed by atoms with Crippen LogP contribution in [0.25, 0.3) is 0 Å². The number of para-hydroxylation sites is 2. The lowest BCUT2D eigenvalue weighted by Gasteiger charge is -2.26. The molecule has 4 aromatic rings. The molecule has 10 nitrogen and oxygen atoms in total. The number of nitriles is 1. The first-order chi connectivity index (χ1) is 18.1. The van der Waals surface area contributed by atoms with Crippen molar-refractivity contribution in [3.63, 3.8) is 0 Å². The molecule has 0 bridgehead atoms. The smallest absolute Gasteiger partial charge is 0.238 e. The summed E-state index contributed by atoms with van der Waals surface area (Å²) in [5, 5.41) is 23.8. The van der Waals surface area contributed by atoms with Crippen molar-refractivity contribution in [2.24, 2.45) is 0 Å². The van der Waals surface area contributed by atoms with E-state index in [1.807, 2.05) is 65.6 Å². The van der Waals surface area contributed by atoms with Crippen LogP contribution in [-0.2, 0) is 11.3 Å². The van der Waals surface area contributed by atoms with Crippen molar-refractivity contribution in [1.82, 2.24) is 25.1 Å². The molecular weight excluding hydrogens is 470 g/mol. The highest BCUT2D eigenvalue weighted by Crippen LogP contribution is 2.23. The predicted molar refractivity (Wildman–Crippen MR) is 137 cm³/mol. The number of nitrogens with zero attached hydrogens (tertiary/aromatic N) is 6. The standard InChI is InChI=1S/C27H27N7O3/c1-33(19-26(35)29-21-13-15-24(16-14-21)37-23-11-6-3-7-12-23)25(20-36-22-9-4-2-5-10-22)27-30-31-32-34(27)18-8-17-28/h2-7,9-16,25H,8,18-20H2,1H3,(H,29,35). The third kappa shape index (κ3) is 7.37. The second-order valence-electron chi connectivity index (χ2n) is 8.21. The van der Waals surface area contributed by atoms with Crippen LogP contribution in [0.4, 0.5) is 5.69 Å². The highest BCUT2D eigenvalue weighted by Gasteiger charge is 2.26.